The molecule has 1 aliphatic heterocycles. The monoisotopic (exact) mass is 288 g/mol. The van der Waals surface area contributed by atoms with Crippen LogP contribution in [0.5, 0.6) is 0 Å². The number of hydrogen-bond acceptors (Lipinski definition) is 7. The number of rotatable bonds is 3. The first-order valence-corrected chi connectivity index (χ1v) is 6.97. The third-order valence-electron chi connectivity index (χ3n) is 3.86. The highest BCUT2D eigenvalue weighted by atomic mass is 15.4. The van der Waals surface area contributed by atoms with Gasteiger partial charge in [-0.3, -0.25) is 0 Å². The first-order chi connectivity index (χ1) is 10.0. The molecule has 0 saturated carbocycles. The Kier molecular flexibility index (Phi) is 3.46. The van der Waals surface area contributed by atoms with Crippen LogP contribution in [0.25, 0.3) is 5.95 Å². The lowest BCUT2D eigenvalue weighted by Gasteiger charge is -2.22. The van der Waals surface area contributed by atoms with Crippen molar-refractivity contribution in [2.24, 2.45) is 5.92 Å². The maximum Gasteiger partial charge on any atom is 0.257 e. The first kappa shape index (κ1) is 13.7. The zero-order chi connectivity index (χ0) is 15.0. The summed E-state index contributed by atoms with van der Waals surface area (Å²) >= 11 is 0. The van der Waals surface area contributed by atoms with Crippen LogP contribution < -0.4 is 10.6 Å². The smallest absolute Gasteiger partial charge is 0.257 e. The quantitative estimate of drug-likeness (QED) is 0.852. The van der Waals surface area contributed by atoms with Crippen molar-refractivity contribution < 1.29 is 0 Å². The fourth-order valence-electron chi connectivity index (χ4n) is 2.79. The second-order valence-corrected chi connectivity index (χ2v) is 5.66. The van der Waals surface area contributed by atoms with Crippen LogP contribution in [0.4, 0.5) is 11.9 Å². The third-order valence-corrected chi connectivity index (χ3v) is 3.86. The molecular formula is C13H20N8. The molecule has 2 atom stereocenters. The van der Waals surface area contributed by atoms with Crippen molar-refractivity contribution in [1.82, 2.24) is 29.6 Å². The average molecular weight is 288 g/mol. The summed E-state index contributed by atoms with van der Waals surface area (Å²) < 4.78 is 1.59. The summed E-state index contributed by atoms with van der Waals surface area (Å²) in [6.07, 6.45) is 3.47. The molecule has 2 aromatic heterocycles. The van der Waals surface area contributed by atoms with Crippen LogP contribution in [0.1, 0.15) is 6.92 Å². The number of aromatic nitrogens is 5. The molecule has 8 heteroatoms. The Labute approximate surface area is 123 Å². The van der Waals surface area contributed by atoms with E-state index >= 15 is 0 Å². The third kappa shape index (κ3) is 2.66. The van der Waals surface area contributed by atoms with E-state index in [-0.39, 0.29) is 5.95 Å². The van der Waals surface area contributed by atoms with Gasteiger partial charge in [-0.25, -0.2) is 4.68 Å². The summed E-state index contributed by atoms with van der Waals surface area (Å²) in [6, 6.07) is 2.30. The minimum atomic E-state index is 0.214. The fourth-order valence-corrected chi connectivity index (χ4v) is 2.79. The first-order valence-electron chi connectivity index (χ1n) is 6.97. The van der Waals surface area contributed by atoms with Crippen LogP contribution >= 0.6 is 0 Å². The van der Waals surface area contributed by atoms with Gasteiger partial charge >= 0.3 is 0 Å². The lowest BCUT2D eigenvalue weighted by molar-refractivity contribution is 0.266. The van der Waals surface area contributed by atoms with Gasteiger partial charge in [-0.15, -0.1) is 0 Å². The topological polar surface area (TPSA) is 89.0 Å². The van der Waals surface area contributed by atoms with Crippen LogP contribution in [0.15, 0.2) is 18.5 Å². The number of likely N-dealkylation sites (N-methyl/N-ethyl adjacent to an activating group) is 1. The van der Waals surface area contributed by atoms with E-state index in [9.17, 15) is 0 Å². The minimum absolute atomic E-state index is 0.214. The molecule has 1 aliphatic rings. The van der Waals surface area contributed by atoms with Crippen molar-refractivity contribution in [3.63, 3.8) is 0 Å². The highest BCUT2D eigenvalue weighted by Gasteiger charge is 2.32. The van der Waals surface area contributed by atoms with Gasteiger partial charge < -0.3 is 15.5 Å². The zero-order valence-electron chi connectivity index (χ0n) is 12.5. The molecule has 2 unspecified atom stereocenters. The van der Waals surface area contributed by atoms with E-state index < -0.39 is 0 Å². The highest BCUT2D eigenvalue weighted by molar-refractivity contribution is 5.39. The van der Waals surface area contributed by atoms with Crippen LogP contribution in [-0.2, 0) is 0 Å². The van der Waals surface area contributed by atoms with Crippen LogP contribution in [-0.4, -0.2) is 62.9 Å². The van der Waals surface area contributed by atoms with Gasteiger partial charge in [0.25, 0.3) is 5.95 Å². The van der Waals surface area contributed by atoms with E-state index in [2.05, 4.69) is 50.9 Å². The second kappa shape index (κ2) is 5.28. The fraction of sp³-hybridized carbons (Fsp3) is 0.538. The Balaban J connectivity index is 1.90. The number of nitrogens with two attached hydrogens (primary N) is 1. The summed E-state index contributed by atoms with van der Waals surface area (Å²) in [5.74, 6) is 1.82. The molecule has 112 valence electrons. The normalized spacial score (nSPS) is 22.2. The van der Waals surface area contributed by atoms with Crippen LogP contribution in [0.3, 0.4) is 0 Å². The van der Waals surface area contributed by atoms with Crippen molar-refractivity contribution in [1.29, 1.82) is 0 Å². The zero-order valence-corrected chi connectivity index (χ0v) is 12.5. The summed E-state index contributed by atoms with van der Waals surface area (Å²) in [4.78, 5) is 17.3. The molecule has 0 amide bonds. The van der Waals surface area contributed by atoms with Crippen LogP contribution in [0, 0.1) is 5.92 Å². The molecule has 3 heterocycles. The van der Waals surface area contributed by atoms with Crippen molar-refractivity contribution in [3.05, 3.63) is 18.5 Å². The Morgan fingerprint density at radius 1 is 1.19 bits per heavy atom. The van der Waals surface area contributed by atoms with Gasteiger partial charge in [0.2, 0.25) is 11.9 Å². The summed E-state index contributed by atoms with van der Waals surface area (Å²) in [6.45, 7) is 4.03. The Morgan fingerprint density at radius 2 is 1.95 bits per heavy atom. The standard InChI is InChI=1S/C13H20N8/c1-9-7-20(8-10(9)19(2)3)12-16-11(14)17-13(18-12)21-6-4-5-15-21/h4-6,9-10H,7-8H2,1-3H3,(H2,14,16,17,18). The van der Waals surface area contributed by atoms with Gasteiger partial charge in [0.15, 0.2) is 0 Å². The van der Waals surface area contributed by atoms with Crippen molar-refractivity contribution in [2.45, 2.75) is 13.0 Å². The molecule has 0 bridgehead atoms. The van der Waals surface area contributed by atoms with E-state index in [0.717, 1.165) is 13.1 Å². The summed E-state index contributed by atoms with van der Waals surface area (Å²) in [7, 11) is 4.20. The van der Waals surface area contributed by atoms with E-state index in [1.165, 1.54) is 0 Å². The van der Waals surface area contributed by atoms with E-state index in [4.69, 9.17) is 5.73 Å². The maximum absolute atomic E-state index is 5.82. The second-order valence-electron chi connectivity index (χ2n) is 5.66. The van der Waals surface area contributed by atoms with Crippen molar-refractivity contribution in [3.8, 4) is 5.95 Å². The Bertz CT molecular complexity index is 609. The van der Waals surface area contributed by atoms with Crippen molar-refractivity contribution >= 4 is 11.9 Å². The molecule has 2 N–H and O–H groups in total. The number of hydrogen-bond donors (Lipinski definition) is 1. The molecule has 8 nitrogen and oxygen atoms in total. The molecule has 21 heavy (non-hydrogen) atoms. The largest absolute Gasteiger partial charge is 0.368 e. The molecule has 0 aliphatic carbocycles. The number of nitrogen functional groups attached to an aromatic ring is 1. The molecule has 1 fully saturated rings. The maximum atomic E-state index is 5.82. The van der Waals surface area contributed by atoms with E-state index in [1.54, 1.807) is 17.1 Å². The van der Waals surface area contributed by atoms with Gasteiger partial charge in [-0.1, -0.05) is 6.92 Å². The highest BCUT2D eigenvalue weighted by Crippen LogP contribution is 2.24. The summed E-state index contributed by atoms with van der Waals surface area (Å²) in [5.41, 5.74) is 5.82. The predicted molar refractivity (Wildman–Crippen MR) is 80.2 cm³/mol. The van der Waals surface area contributed by atoms with Gasteiger partial charge in [0.05, 0.1) is 0 Å². The lowest BCUT2D eigenvalue weighted by Crippen LogP contribution is -2.34. The lowest BCUT2D eigenvalue weighted by atomic mass is 10.1. The molecular weight excluding hydrogens is 268 g/mol. The van der Waals surface area contributed by atoms with Gasteiger partial charge in [-0.2, -0.15) is 20.1 Å². The van der Waals surface area contributed by atoms with E-state index in [0.29, 0.717) is 23.9 Å². The molecule has 0 radical (unpaired) electrons. The van der Waals surface area contributed by atoms with Crippen molar-refractivity contribution in [2.75, 3.05) is 37.8 Å². The minimum Gasteiger partial charge on any atom is -0.368 e. The van der Waals surface area contributed by atoms with Gasteiger partial charge in [-0.05, 0) is 26.1 Å². The SMILES string of the molecule is CC1CN(c2nc(N)nc(-n3cccn3)n2)CC1N(C)C. The average Bonchev–Trinajstić information content (AvgIpc) is 3.06. The molecule has 3 rings (SSSR count). The van der Waals surface area contributed by atoms with E-state index in [1.807, 2.05) is 6.07 Å². The number of nitrogens with zero attached hydrogens (tertiary/aromatic N) is 7. The Hall–Kier alpha value is -2.22. The van der Waals surface area contributed by atoms with Gasteiger partial charge in [0, 0.05) is 31.5 Å². The molecule has 0 aromatic carbocycles. The predicted octanol–water partition coefficient (Wildman–Crippen LogP) is 0.0258. The Morgan fingerprint density at radius 3 is 2.57 bits per heavy atom. The van der Waals surface area contributed by atoms with Gasteiger partial charge in [0.1, 0.15) is 0 Å². The molecule has 2 aromatic rings. The molecule has 0 spiro atoms. The number of anilines is 2. The van der Waals surface area contributed by atoms with Crippen LogP contribution in [0.2, 0.25) is 0 Å². The summed E-state index contributed by atoms with van der Waals surface area (Å²) in [5, 5.41) is 4.14. The molecule has 1 saturated heterocycles.